The van der Waals surface area contributed by atoms with Gasteiger partial charge in [0, 0.05) is 75.9 Å². The molecule has 4 aliphatic rings. The lowest BCUT2D eigenvalue weighted by molar-refractivity contribution is -0.136. The molecule has 1 N–H and O–H groups in total. The molecule has 8 heteroatoms. The van der Waals surface area contributed by atoms with Crippen LogP contribution < -0.4 is 10.2 Å². The summed E-state index contributed by atoms with van der Waals surface area (Å²) in [5.41, 5.74) is 2.77. The number of fused-ring (bicyclic) bond motifs is 1. The van der Waals surface area contributed by atoms with Crippen LogP contribution in [0, 0.1) is 11.8 Å². The Balaban J connectivity index is 1.15. The van der Waals surface area contributed by atoms with Crippen LogP contribution in [0.2, 0.25) is 0 Å². The first-order valence-electron chi connectivity index (χ1n) is 12.0. The first-order chi connectivity index (χ1) is 16.0. The fourth-order valence-corrected chi connectivity index (χ4v) is 5.23. The number of piperidine rings is 1. The summed E-state index contributed by atoms with van der Waals surface area (Å²) in [6.45, 7) is 9.71. The van der Waals surface area contributed by atoms with E-state index in [1.54, 1.807) is 4.90 Å². The van der Waals surface area contributed by atoms with Gasteiger partial charge in [0.1, 0.15) is 6.04 Å². The van der Waals surface area contributed by atoms with Crippen LogP contribution in [0.3, 0.4) is 0 Å². The minimum atomic E-state index is -0.564. The fourth-order valence-electron chi connectivity index (χ4n) is 5.23. The maximum absolute atomic E-state index is 12.9. The van der Waals surface area contributed by atoms with Gasteiger partial charge in [-0.2, -0.15) is 0 Å². The molecule has 0 aliphatic carbocycles. The number of hydrogen-bond donors (Lipinski definition) is 1. The van der Waals surface area contributed by atoms with Crippen molar-refractivity contribution in [2.45, 2.75) is 44.8 Å². The summed E-state index contributed by atoms with van der Waals surface area (Å²) in [6, 6.07) is 6.02. The number of rotatable bonds is 4. The number of piperazine rings is 1. The average molecular weight is 450 g/mol. The van der Waals surface area contributed by atoms with Crippen LogP contribution in [-0.4, -0.2) is 90.3 Å². The number of amides is 3. The summed E-state index contributed by atoms with van der Waals surface area (Å²) in [4.78, 5) is 45.6. The van der Waals surface area contributed by atoms with E-state index in [-0.39, 0.29) is 24.1 Å². The van der Waals surface area contributed by atoms with E-state index in [0.717, 1.165) is 63.5 Å². The first-order valence-corrected chi connectivity index (χ1v) is 12.0. The Kier molecular flexibility index (Phi) is 6.09. The molecule has 0 bridgehead atoms. The second-order valence-corrected chi connectivity index (χ2v) is 9.32. The predicted octanol–water partition coefficient (Wildman–Crippen LogP) is 0.667. The smallest absolute Gasteiger partial charge is 0.255 e. The zero-order valence-electron chi connectivity index (χ0n) is 19.2. The van der Waals surface area contributed by atoms with Gasteiger partial charge in [-0.25, -0.2) is 0 Å². The highest BCUT2D eigenvalue weighted by molar-refractivity contribution is 6.05. The Morgan fingerprint density at radius 2 is 1.85 bits per heavy atom. The van der Waals surface area contributed by atoms with E-state index in [4.69, 9.17) is 0 Å². The molecule has 0 radical (unpaired) electrons. The van der Waals surface area contributed by atoms with Crippen molar-refractivity contribution < 1.29 is 14.4 Å². The van der Waals surface area contributed by atoms with Crippen LogP contribution in [0.15, 0.2) is 18.2 Å². The van der Waals surface area contributed by atoms with Gasteiger partial charge in [-0.05, 0) is 30.2 Å². The molecular weight excluding hydrogens is 418 g/mol. The van der Waals surface area contributed by atoms with Gasteiger partial charge in [-0.1, -0.05) is 12.8 Å². The molecule has 4 heterocycles. The van der Waals surface area contributed by atoms with Crippen molar-refractivity contribution in [2.24, 2.45) is 0 Å². The van der Waals surface area contributed by atoms with Crippen LogP contribution in [0.5, 0.6) is 0 Å². The Labute approximate surface area is 194 Å². The van der Waals surface area contributed by atoms with Crippen molar-refractivity contribution in [1.29, 1.82) is 0 Å². The van der Waals surface area contributed by atoms with Crippen LogP contribution in [0.1, 0.15) is 42.1 Å². The van der Waals surface area contributed by atoms with Crippen LogP contribution in [-0.2, 0) is 16.1 Å². The average Bonchev–Trinajstić information content (AvgIpc) is 3.10. The summed E-state index contributed by atoms with van der Waals surface area (Å²) in [7, 11) is 0. The van der Waals surface area contributed by atoms with Crippen molar-refractivity contribution in [1.82, 2.24) is 20.0 Å². The lowest BCUT2D eigenvalue weighted by atomic mass is 10.0. The van der Waals surface area contributed by atoms with Crippen LogP contribution in [0.25, 0.3) is 0 Å². The van der Waals surface area contributed by atoms with Gasteiger partial charge in [0.25, 0.3) is 5.91 Å². The predicted molar refractivity (Wildman–Crippen MR) is 125 cm³/mol. The second-order valence-electron chi connectivity index (χ2n) is 9.32. The van der Waals surface area contributed by atoms with Crippen molar-refractivity contribution in [3.8, 4) is 11.8 Å². The number of carbonyl (C=O) groups excluding carboxylic acids is 3. The Morgan fingerprint density at radius 1 is 1.06 bits per heavy atom. The SMILES string of the molecule is CCC#CCN1CCN(C2CN(c3ccc4c(c3)CN(C3CCC(=O)NC3=O)C4=O)C2)CC1. The van der Waals surface area contributed by atoms with E-state index < -0.39 is 6.04 Å². The summed E-state index contributed by atoms with van der Waals surface area (Å²) >= 11 is 0. The normalized spacial score (nSPS) is 24.3. The van der Waals surface area contributed by atoms with E-state index in [2.05, 4.69) is 44.8 Å². The molecule has 3 saturated heterocycles. The third kappa shape index (κ3) is 4.35. The minimum absolute atomic E-state index is 0.117. The van der Waals surface area contributed by atoms with E-state index in [0.29, 0.717) is 24.6 Å². The summed E-state index contributed by atoms with van der Waals surface area (Å²) in [6.07, 6.45) is 1.59. The molecule has 4 aliphatic heterocycles. The van der Waals surface area contributed by atoms with Gasteiger partial charge in [0.2, 0.25) is 11.8 Å². The van der Waals surface area contributed by atoms with Crippen LogP contribution in [0.4, 0.5) is 5.69 Å². The standard InChI is InChI=1S/C25H31N5O3/c1-2-3-4-9-27-10-12-28(13-11-27)20-16-29(17-20)19-5-6-21-18(14-19)15-30(25(21)33)22-7-8-23(31)26-24(22)32/h5-6,14,20,22H,2,7-13,15-17H2,1H3,(H,26,31,32). The number of carbonyl (C=O) groups is 3. The number of anilines is 1. The number of hydrogen-bond acceptors (Lipinski definition) is 6. The molecular formula is C25H31N5O3. The Hall–Kier alpha value is -2.89. The molecule has 0 spiro atoms. The molecule has 1 atom stereocenters. The third-order valence-electron chi connectivity index (χ3n) is 7.26. The molecule has 174 valence electrons. The van der Waals surface area contributed by atoms with Crippen molar-refractivity contribution in [3.05, 3.63) is 29.3 Å². The van der Waals surface area contributed by atoms with Crippen molar-refractivity contribution in [3.63, 3.8) is 0 Å². The molecule has 1 aromatic carbocycles. The molecule has 0 aromatic heterocycles. The molecule has 3 fully saturated rings. The van der Waals surface area contributed by atoms with Gasteiger partial charge in [0.05, 0.1) is 6.54 Å². The van der Waals surface area contributed by atoms with Gasteiger partial charge in [-0.3, -0.25) is 29.5 Å². The minimum Gasteiger partial charge on any atom is -0.368 e. The van der Waals surface area contributed by atoms with Gasteiger partial charge in [-0.15, -0.1) is 5.92 Å². The number of benzene rings is 1. The molecule has 1 aromatic rings. The zero-order chi connectivity index (χ0) is 22.9. The van der Waals surface area contributed by atoms with Crippen molar-refractivity contribution in [2.75, 3.05) is 50.7 Å². The molecule has 1 unspecified atom stereocenters. The Bertz CT molecular complexity index is 1010. The number of nitrogens with zero attached hydrogens (tertiary/aromatic N) is 4. The molecule has 5 rings (SSSR count). The third-order valence-corrected chi connectivity index (χ3v) is 7.26. The lowest BCUT2D eigenvalue weighted by Crippen LogP contribution is -2.63. The summed E-state index contributed by atoms with van der Waals surface area (Å²) in [5, 5.41) is 2.36. The monoisotopic (exact) mass is 449 g/mol. The summed E-state index contributed by atoms with van der Waals surface area (Å²) < 4.78 is 0. The highest BCUT2D eigenvalue weighted by Gasteiger charge is 2.40. The highest BCUT2D eigenvalue weighted by Crippen LogP contribution is 2.32. The molecule has 8 nitrogen and oxygen atoms in total. The second kappa shape index (κ2) is 9.16. The first kappa shape index (κ1) is 21.9. The zero-order valence-corrected chi connectivity index (χ0v) is 19.2. The Morgan fingerprint density at radius 3 is 2.58 bits per heavy atom. The molecule has 0 saturated carbocycles. The number of nitrogens with one attached hydrogen (secondary N) is 1. The maximum atomic E-state index is 12.9. The largest absolute Gasteiger partial charge is 0.368 e. The van der Waals surface area contributed by atoms with Gasteiger partial charge in [0.15, 0.2) is 0 Å². The van der Waals surface area contributed by atoms with E-state index >= 15 is 0 Å². The molecule has 3 amide bonds. The molecule has 33 heavy (non-hydrogen) atoms. The highest BCUT2D eigenvalue weighted by atomic mass is 16.2. The maximum Gasteiger partial charge on any atom is 0.255 e. The van der Waals surface area contributed by atoms with Crippen LogP contribution >= 0.6 is 0 Å². The lowest BCUT2D eigenvalue weighted by Gasteiger charge is -2.49. The van der Waals surface area contributed by atoms with E-state index in [1.807, 2.05) is 12.1 Å². The summed E-state index contributed by atoms with van der Waals surface area (Å²) in [5.74, 6) is 5.65. The van der Waals surface area contributed by atoms with E-state index in [1.165, 1.54) is 0 Å². The quantitative estimate of drug-likeness (QED) is 0.538. The topological polar surface area (TPSA) is 76.2 Å². The van der Waals surface area contributed by atoms with Gasteiger partial charge < -0.3 is 9.80 Å². The van der Waals surface area contributed by atoms with Gasteiger partial charge >= 0.3 is 0 Å². The van der Waals surface area contributed by atoms with E-state index in [9.17, 15) is 14.4 Å². The van der Waals surface area contributed by atoms with Crippen molar-refractivity contribution >= 4 is 23.4 Å². The fraction of sp³-hybridized carbons (Fsp3) is 0.560. The number of imide groups is 1.